The fraction of sp³-hybridized carbons (Fsp3) is 0.261. The van der Waals surface area contributed by atoms with Gasteiger partial charge in [0.1, 0.15) is 18.5 Å². The molecule has 0 spiro atoms. The number of β-amino-alcohol motifs (C(OH)–C–C–N with tert-alkyl or cyclic N) is 1. The number of aromatic nitrogens is 2. The van der Waals surface area contributed by atoms with Gasteiger partial charge in [0.05, 0.1) is 0 Å². The molecule has 154 valence electrons. The first-order valence-electron chi connectivity index (χ1n) is 9.96. The number of ether oxygens (including phenoxy) is 1. The van der Waals surface area contributed by atoms with E-state index in [0.29, 0.717) is 18.0 Å². The Kier molecular flexibility index (Phi) is 6.32. The maximum Gasteiger partial charge on any atom is 0.276 e. The van der Waals surface area contributed by atoms with Crippen LogP contribution in [0.3, 0.4) is 0 Å². The molecule has 0 saturated carbocycles. The molecule has 0 fully saturated rings. The molecule has 0 aliphatic carbocycles. The number of hydrogen-bond acceptors (Lipinski definition) is 6. The highest BCUT2D eigenvalue weighted by molar-refractivity contribution is 6.02. The van der Waals surface area contributed by atoms with Gasteiger partial charge in [0.15, 0.2) is 5.69 Å². The molecule has 1 aromatic heterocycles. The van der Waals surface area contributed by atoms with Gasteiger partial charge in [-0.2, -0.15) is 5.10 Å². The molecule has 2 N–H and O–H groups in total. The van der Waals surface area contributed by atoms with E-state index in [2.05, 4.69) is 44.7 Å². The topological polar surface area (TPSA) is 87.6 Å². The highest BCUT2D eigenvalue weighted by Gasteiger charge is 2.18. The van der Waals surface area contributed by atoms with Crippen molar-refractivity contribution in [2.75, 3.05) is 25.0 Å². The summed E-state index contributed by atoms with van der Waals surface area (Å²) in [5, 5.41) is 20.7. The summed E-state index contributed by atoms with van der Waals surface area (Å²) in [5.41, 5.74) is 3.54. The van der Waals surface area contributed by atoms with Crippen LogP contribution in [0.15, 0.2) is 66.9 Å². The maximum atomic E-state index is 12.2. The van der Waals surface area contributed by atoms with Gasteiger partial charge in [-0.15, -0.1) is 5.10 Å². The molecule has 0 bridgehead atoms. The third-order valence-corrected chi connectivity index (χ3v) is 5.02. The van der Waals surface area contributed by atoms with Gasteiger partial charge in [-0.1, -0.05) is 30.3 Å². The lowest BCUT2D eigenvalue weighted by molar-refractivity contribution is 0.0638. The number of nitrogens with one attached hydrogen (secondary N) is 1. The fourth-order valence-electron chi connectivity index (χ4n) is 3.53. The van der Waals surface area contributed by atoms with Gasteiger partial charge in [-0.05, 0) is 41.8 Å². The quantitative estimate of drug-likeness (QED) is 0.629. The Bertz CT molecular complexity index is 997. The number of nitrogens with zero attached hydrogens (tertiary/aromatic N) is 3. The number of aliphatic hydroxyl groups excluding tert-OH is 1. The Hall–Kier alpha value is -3.29. The summed E-state index contributed by atoms with van der Waals surface area (Å²) < 4.78 is 5.75. The highest BCUT2D eigenvalue weighted by atomic mass is 16.5. The van der Waals surface area contributed by atoms with E-state index in [-0.39, 0.29) is 18.2 Å². The molecule has 1 amide bonds. The molecule has 1 aliphatic heterocycles. The van der Waals surface area contributed by atoms with E-state index in [1.54, 1.807) is 36.4 Å². The van der Waals surface area contributed by atoms with E-state index in [0.717, 1.165) is 19.5 Å². The van der Waals surface area contributed by atoms with Gasteiger partial charge in [0, 0.05) is 37.6 Å². The van der Waals surface area contributed by atoms with E-state index < -0.39 is 6.10 Å². The Morgan fingerprint density at radius 1 is 1.13 bits per heavy atom. The minimum atomic E-state index is -0.604. The van der Waals surface area contributed by atoms with Gasteiger partial charge < -0.3 is 15.2 Å². The van der Waals surface area contributed by atoms with E-state index in [1.807, 2.05) is 0 Å². The lowest BCUT2D eigenvalue weighted by Gasteiger charge is -2.30. The maximum absolute atomic E-state index is 12.2. The van der Waals surface area contributed by atoms with Gasteiger partial charge in [0.25, 0.3) is 5.91 Å². The van der Waals surface area contributed by atoms with Crippen LogP contribution in [-0.4, -0.2) is 51.9 Å². The van der Waals surface area contributed by atoms with Gasteiger partial charge in [0.2, 0.25) is 0 Å². The summed E-state index contributed by atoms with van der Waals surface area (Å²) >= 11 is 0. The van der Waals surface area contributed by atoms with Crippen LogP contribution in [-0.2, 0) is 13.0 Å². The Morgan fingerprint density at radius 3 is 2.83 bits per heavy atom. The molecule has 3 aromatic rings. The van der Waals surface area contributed by atoms with Crippen molar-refractivity contribution in [3.05, 3.63) is 83.7 Å². The first kappa shape index (κ1) is 20.0. The predicted octanol–water partition coefficient (Wildman–Crippen LogP) is 2.53. The van der Waals surface area contributed by atoms with Crippen molar-refractivity contribution in [2.24, 2.45) is 0 Å². The van der Waals surface area contributed by atoms with Crippen LogP contribution in [0.2, 0.25) is 0 Å². The van der Waals surface area contributed by atoms with Crippen LogP contribution in [0, 0.1) is 0 Å². The summed E-state index contributed by atoms with van der Waals surface area (Å²) in [6.07, 6.45) is 1.91. The summed E-state index contributed by atoms with van der Waals surface area (Å²) in [4.78, 5) is 14.4. The number of rotatable bonds is 7. The second kappa shape index (κ2) is 9.47. The molecule has 1 atom stereocenters. The molecule has 7 heteroatoms. The number of aliphatic hydroxyl groups is 1. The molecule has 2 heterocycles. The summed E-state index contributed by atoms with van der Waals surface area (Å²) in [6, 6.07) is 18.8. The van der Waals surface area contributed by atoms with Crippen LogP contribution in [0.4, 0.5) is 5.69 Å². The molecule has 1 unspecified atom stereocenters. The molecule has 2 aromatic carbocycles. The second-order valence-corrected chi connectivity index (χ2v) is 7.31. The van der Waals surface area contributed by atoms with Crippen molar-refractivity contribution >= 4 is 11.6 Å². The monoisotopic (exact) mass is 404 g/mol. The average molecular weight is 404 g/mol. The van der Waals surface area contributed by atoms with Crippen molar-refractivity contribution in [1.29, 1.82) is 0 Å². The molecule has 1 aliphatic rings. The van der Waals surface area contributed by atoms with E-state index in [1.165, 1.54) is 17.3 Å². The Balaban J connectivity index is 1.28. The lowest BCUT2D eigenvalue weighted by Crippen LogP contribution is -2.38. The third-order valence-electron chi connectivity index (χ3n) is 5.02. The van der Waals surface area contributed by atoms with Crippen molar-refractivity contribution in [3.63, 3.8) is 0 Å². The first-order chi connectivity index (χ1) is 14.7. The third kappa shape index (κ3) is 5.20. The van der Waals surface area contributed by atoms with Crippen molar-refractivity contribution < 1.29 is 14.6 Å². The smallest absolute Gasteiger partial charge is 0.276 e. The summed E-state index contributed by atoms with van der Waals surface area (Å²) in [6.45, 7) is 2.51. The van der Waals surface area contributed by atoms with Crippen LogP contribution < -0.4 is 10.1 Å². The zero-order valence-electron chi connectivity index (χ0n) is 16.6. The molecule has 4 rings (SSSR count). The van der Waals surface area contributed by atoms with Gasteiger partial charge >= 0.3 is 0 Å². The summed E-state index contributed by atoms with van der Waals surface area (Å²) in [5.74, 6) is 0.237. The number of carbonyl (C=O) groups is 1. The first-order valence-corrected chi connectivity index (χ1v) is 9.96. The van der Waals surface area contributed by atoms with Gasteiger partial charge in [-0.25, -0.2) is 0 Å². The molecule has 0 radical (unpaired) electrons. The average Bonchev–Trinajstić information content (AvgIpc) is 2.78. The predicted molar refractivity (Wildman–Crippen MR) is 113 cm³/mol. The minimum absolute atomic E-state index is 0.180. The molecule has 7 nitrogen and oxygen atoms in total. The van der Waals surface area contributed by atoms with E-state index in [9.17, 15) is 9.90 Å². The van der Waals surface area contributed by atoms with Crippen molar-refractivity contribution in [1.82, 2.24) is 15.1 Å². The Morgan fingerprint density at radius 2 is 2.00 bits per heavy atom. The molecule has 0 saturated heterocycles. The number of fused-ring (bicyclic) bond motifs is 1. The molecule has 30 heavy (non-hydrogen) atoms. The van der Waals surface area contributed by atoms with Gasteiger partial charge in [-0.3, -0.25) is 9.69 Å². The van der Waals surface area contributed by atoms with Crippen LogP contribution in [0.1, 0.15) is 21.6 Å². The van der Waals surface area contributed by atoms with Crippen molar-refractivity contribution in [3.8, 4) is 5.75 Å². The number of amides is 1. The van der Waals surface area contributed by atoms with E-state index in [4.69, 9.17) is 4.74 Å². The molecular formula is C23H24N4O3. The Labute approximate surface area is 175 Å². The number of benzene rings is 2. The normalized spacial score (nSPS) is 14.6. The minimum Gasteiger partial charge on any atom is -0.491 e. The zero-order valence-corrected chi connectivity index (χ0v) is 16.6. The summed E-state index contributed by atoms with van der Waals surface area (Å²) in [7, 11) is 0. The van der Waals surface area contributed by atoms with Crippen LogP contribution >= 0.6 is 0 Å². The number of carbonyl (C=O) groups excluding carboxylic acids is 1. The van der Waals surface area contributed by atoms with Crippen LogP contribution in [0.5, 0.6) is 5.75 Å². The fourth-order valence-corrected chi connectivity index (χ4v) is 3.53. The highest BCUT2D eigenvalue weighted by Crippen LogP contribution is 2.20. The lowest BCUT2D eigenvalue weighted by atomic mass is 10.00. The van der Waals surface area contributed by atoms with Crippen LogP contribution in [0.25, 0.3) is 0 Å². The largest absolute Gasteiger partial charge is 0.491 e. The molecular weight excluding hydrogens is 380 g/mol. The van der Waals surface area contributed by atoms with E-state index >= 15 is 0 Å². The number of hydrogen-bond donors (Lipinski definition) is 2. The second-order valence-electron chi connectivity index (χ2n) is 7.31. The standard InChI is InChI=1S/C23H24N4O3/c28-20(15-27-12-10-17-5-1-2-6-18(17)14-27)16-30-21-8-3-7-19(13-21)25-23(29)22-9-4-11-24-26-22/h1-9,11,13,20,28H,10,12,14-16H2,(H,25,29). The van der Waals surface area contributed by atoms with Crippen molar-refractivity contribution in [2.45, 2.75) is 19.1 Å². The number of anilines is 1. The SMILES string of the molecule is O=C(Nc1cccc(OCC(O)CN2CCc3ccccc3C2)c1)c1cccnn1. The zero-order chi connectivity index (χ0) is 20.8.